The molecule has 0 amide bonds. The van der Waals surface area contributed by atoms with Crippen molar-refractivity contribution in [2.75, 3.05) is 33.4 Å². The van der Waals surface area contributed by atoms with Gasteiger partial charge < -0.3 is 9.64 Å². The molecule has 0 N–H and O–H groups in total. The summed E-state index contributed by atoms with van der Waals surface area (Å²) in [5.74, 6) is 0.628. The van der Waals surface area contributed by atoms with Gasteiger partial charge in [0.1, 0.15) is 0 Å². The highest BCUT2D eigenvalue weighted by Gasteiger charge is 2.01. The Hall–Kier alpha value is 0.210. The van der Waals surface area contributed by atoms with Crippen molar-refractivity contribution in [3.8, 4) is 0 Å². The summed E-state index contributed by atoms with van der Waals surface area (Å²) in [6.45, 7) is 10.1. The summed E-state index contributed by atoms with van der Waals surface area (Å²) in [5, 5.41) is 0.272. The number of rotatable bonds is 8. The van der Waals surface area contributed by atoms with Gasteiger partial charge in [0.2, 0.25) is 0 Å². The fourth-order valence-electron chi connectivity index (χ4n) is 1.05. The number of hydrogen-bond donors (Lipinski definition) is 0. The zero-order valence-corrected chi connectivity index (χ0v) is 10.7. The zero-order chi connectivity index (χ0) is 11.0. The van der Waals surface area contributed by atoms with Crippen molar-refractivity contribution in [2.45, 2.75) is 32.6 Å². The molecule has 0 rings (SSSR count). The Morgan fingerprint density at radius 1 is 1.21 bits per heavy atom. The summed E-state index contributed by atoms with van der Waals surface area (Å²) < 4.78 is 5.50. The number of hydrogen-bond acceptors (Lipinski definition) is 2. The summed E-state index contributed by atoms with van der Waals surface area (Å²) in [6, 6.07) is 0. The van der Waals surface area contributed by atoms with Crippen molar-refractivity contribution in [1.82, 2.24) is 4.90 Å². The zero-order valence-electron chi connectivity index (χ0n) is 9.92. The van der Waals surface area contributed by atoms with Crippen LogP contribution in [0.2, 0.25) is 0 Å². The molecule has 0 spiro atoms. The molecule has 0 saturated carbocycles. The number of likely N-dealkylation sites (N-methyl/N-ethyl adjacent to an activating group) is 1. The second-order valence-electron chi connectivity index (χ2n) is 4.34. The molecule has 0 aliphatic heterocycles. The molecule has 0 aliphatic rings. The van der Waals surface area contributed by atoms with Gasteiger partial charge in [0.05, 0.1) is 6.61 Å². The third kappa shape index (κ3) is 10.3. The van der Waals surface area contributed by atoms with E-state index in [2.05, 4.69) is 25.8 Å². The summed E-state index contributed by atoms with van der Waals surface area (Å²) in [6.07, 6.45) is 1.04. The van der Waals surface area contributed by atoms with Crippen molar-refractivity contribution in [1.29, 1.82) is 0 Å². The standard InChI is InChI=1S/C11H24ClNO/c1-10(2)9-14-8-7-13(4)6-5-11(3)12/h10-11H,5-9H2,1-4H3. The van der Waals surface area contributed by atoms with Gasteiger partial charge in [-0.05, 0) is 32.9 Å². The molecule has 1 unspecified atom stereocenters. The highest BCUT2D eigenvalue weighted by Crippen LogP contribution is 2.01. The quantitative estimate of drug-likeness (QED) is 0.462. The molecule has 1 atom stereocenters. The molecule has 14 heavy (non-hydrogen) atoms. The van der Waals surface area contributed by atoms with Crippen molar-refractivity contribution < 1.29 is 4.74 Å². The fraction of sp³-hybridized carbons (Fsp3) is 1.00. The lowest BCUT2D eigenvalue weighted by Gasteiger charge is -2.17. The molecule has 0 aromatic heterocycles. The maximum Gasteiger partial charge on any atom is 0.0593 e. The number of halogens is 1. The Bertz CT molecular complexity index is 128. The van der Waals surface area contributed by atoms with Gasteiger partial charge in [-0.2, -0.15) is 0 Å². The number of ether oxygens (including phenoxy) is 1. The van der Waals surface area contributed by atoms with Crippen LogP contribution in [-0.2, 0) is 4.74 Å². The van der Waals surface area contributed by atoms with Crippen molar-refractivity contribution >= 4 is 11.6 Å². The predicted molar refractivity (Wildman–Crippen MR) is 63.1 cm³/mol. The predicted octanol–water partition coefficient (Wildman–Crippen LogP) is 2.61. The van der Waals surface area contributed by atoms with E-state index < -0.39 is 0 Å². The summed E-state index contributed by atoms with van der Waals surface area (Å²) in [7, 11) is 2.11. The highest BCUT2D eigenvalue weighted by atomic mass is 35.5. The lowest BCUT2D eigenvalue weighted by Crippen LogP contribution is -2.26. The van der Waals surface area contributed by atoms with Crippen LogP contribution in [0.25, 0.3) is 0 Å². The number of nitrogens with zero attached hydrogens (tertiary/aromatic N) is 1. The summed E-state index contributed by atoms with van der Waals surface area (Å²) in [5.41, 5.74) is 0. The molecule has 0 fully saturated rings. The van der Waals surface area contributed by atoms with Crippen LogP contribution in [0.3, 0.4) is 0 Å². The lowest BCUT2D eigenvalue weighted by atomic mass is 10.2. The Morgan fingerprint density at radius 2 is 1.86 bits per heavy atom. The van der Waals surface area contributed by atoms with Crippen molar-refractivity contribution in [2.24, 2.45) is 5.92 Å². The first-order valence-electron chi connectivity index (χ1n) is 5.42. The topological polar surface area (TPSA) is 12.5 Å². The Kier molecular flexibility index (Phi) is 8.64. The van der Waals surface area contributed by atoms with Crippen LogP contribution in [0.15, 0.2) is 0 Å². The van der Waals surface area contributed by atoms with Gasteiger partial charge in [0.25, 0.3) is 0 Å². The third-order valence-electron chi connectivity index (χ3n) is 1.98. The molecular weight excluding hydrogens is 198 g/mol. The fourth-order valence-corrected chi connectivity index (χ4v) is 1.15. The van der Waals surface area contributed by atoms with Crippen LogP contribution < -0.4 is 0 Å². The van der Waals surface area contributed by atoms with Crippen LogP contribution >= 0.6 is 11.6 Å². The van der Waals surface area contributed by atoms with Gasteiger partial charge >= 0.3 is 0 Å². The number of alkyl halides is 1. The maximum atomic E-state index is 5.87. The average Bonchev–Trinajstić information content (AvgIpc) is 2.08. The minimum absolute atomic E-state index is 0.272. The molecule has 0 aliphatic carbocycles. The van der Waals surface area contributed by atoms with E-state index in [0.717, 1.165) is 32.7 Å². The molecular formula is C11H24ClNO. The van der Waals surface area contributed by atoms with E-state index in [4.69, 9.17) is 16.3 Å². The van der Waals surface area contributed by atoms with Crippen molar-refractivity contribution in [3.63, 3.8) is 0 Å². The molecule has 0 aromatic rings. The van der Waals surface area contributed by atoms with Crippen LogP contribution in [0.5, 0.6) is 0 Å². The first kappa shape index (κ1) is 14.2. The van der Waals surface area contributed by atoms with E-state index in [-0.39, 0.29) is 5.38 Å². The van der Waals surface area contributed by atoms with Crippen molar-refractivity contribution in [3.05, 3.63) is 0 Å². The molecule has 86 valence electrons. The minimum Gasteiger partial charge on any atom is -0.380 e. The van der Waals surface area contributed by atoms with E-state index in [1.807, 2.05) is 6.92 Å². The van der Waals surface area contributed by atoms with Gasteiger partial charge in [0, 0.05) is 18.5 Å². The van der Waals surface area contributed by atoms with E-state index >= 15 is 0 Å². The smallest absolute Gasteiger partial charge is 0.0593 e. The highest BCUT2D eigenvalue weighted by molar-refractivity contribution is 6.20. The largest absolute Gasteiger partial charge is 0.380 e. The van der Waals surface area contributed by atoms with E-state index in [1.165, 1.54) is 0 Å². The molecule has 0 radical (unpaired) electrons. The minimum atomic E-state index is 0.272. The van der Waals surface area contributed by atoms with Crippen LogP contribution in [0.4, 0.5) is 0 Å². The Balaban J connectivity index is 3.22. The van der Waals surface area contributed by atoms with Crippen LogP contribution in [0, 0.1) is 5.92 Å². The monoisotopic (exact) mass is 221 g/mol. The van der Waals surface area contributed by atoms with E-state index in [9.17, 15) is 0 Å². The van der Waals surface area contributed by atoms with E-state index in [1.54, 1.807) is 0 Å². The van der Waals surface area contributed by atoms with Gasteiger partial charge in [-0.1, -0.05) is 13.8 Å². The Labute approximate surface area is 93.6 Å². The summed E-state index contributed by atoms with van der Waals surface area (Å²) in [4.78, 5) is 2.26. The molecule has 0 aromatic carbocycles. The maximum absolute atomic E-state index is 5.87. The van der Waals surface area contributed by atoms with Crippen LogP contribution in [0.1, 0.15) is 27.2 Å². The van der Waals surface area contributed by atoms with Gasteiger partial charge in [-0.3, -0.25) is 0 Å². The summed E-state index contributed by atoms with van der Waals surface area (Å²) >= 11 is 5.87. The Morgan fingerprint density at radius 3 is 2.36 bits per heavy atom. The average molecular weight is 222 g/mol. The first-order valence-corrected chi connectivity index (χ1v) is 5.86. The second-order valence-corrected chi connectivity index (χ2v) is 5.09. The van der Waals surface area contributed by atoms with Gasteiger partial charge in [0.15, 0.2) is 0 Å². The SMILES string of the molecule is CC(C)COCCN(C)CCC(C)Cl. The molecule has 0 bridgehead atoms. The van der Waals surface area contributed by atoms with Gasteiger partial charge in [-0.25, -0.2) is 0 Å². The lowest BCUT2D eigenvalue weighted by molar-refractivity contribution is 0.0913. The molecule has 0 saturated heterocycles. The normalized spacial score (nSPS) is 13.9. The van der Waals surface area contributed by atoms with E-state index in [0.29, 0.717) is 5.92 Å². The molecule has 2 nitrogen and oxygen atoms in total. The van der Waals surface area contributed by atoms with Crippen LogP contribution in [-0.4, -0.2) is 43.6 Å². The molecule has 0 heterocycles. The third-order valence-corrected chi connectivity index (χ3v) is 2.20. The second kappa shape index (κ2) is 8.51. The molecule has 3 heteroatoms. The van der Waals surface area contributed by atoms with Gasteiger partial charge in [-0.15, -0.1) is 11.6 Å². The first-order chi connectivity index (χ1) is 6.52.